The van der Waals surface area contributed by atoms with E-state index >= 15 is 0 Å². The highest BCUT2D eigenvalue weighted by molar-refractivity contribution is 7.91. The van der Waals surface area contributed by atoms with Crippen molar-refractivity contribution < 1.29 is 13.2 Å². The van der Waals surface area contributed by atoms with E-state index in [0.717, 1.165) is 31.1 Å². The minimum Gasteiger partial charge on any atom is -0.492 e. The first-order chi connectivity index (χ1) is 17.5. The SMILES string of the molecule is O=c1ccc2cnc(Nc3ccc(OCCCS(=O)(=O)c4ccccc4)cn3)nc2n1C1CCCC1. The molecular formula is C26H27N5O4S. The van der Waals surface area contributed by atoms with Crippen molar-refractivity contribution in [1.82, 2.24) is 19.5 Å². The molecule has 1 aliphatic carbocycles. The zero-order chi connectivity index (χ0) is 25.0. The summed E-state index contributed by atoms with van der Waals surface area (Å²) in [6.07, 6.45) is 7.82. The van der Waals surface area contributed by atoms with Crippen LogP contribution in [-0.4, -0.2) is 40.3 Å². The molecule has 0 aliphatic heterocycles. The Balaban J connectivity index is 1.21. The number of aromatic nitrogens is 4. The summed E-state index contributed by atoms with van der Waals surface area (Å²) < 4.78 is 32.2. The molecule has 0 radical (unpaired) electrons. The van der Waals surface area contributed by atoms with E-state index < -0.39 is 9.84 Å². The molecule has 36 heavy (non-hydrogen) atoms. The van der Waals surface area contributed by atoms with Gasteiger partial charge in [-0.1, -0.05) is 31.0 Å². The van der Waals surface area contributed by atoms with Crippen molar-refractivity contribution in [2.45, 2.75) is 43.0 Å². The number of benzene rings is 1. The van der Waals surface area contributed by atoms with Crippen LogP contribution in [0.1, 0.15) is 38.1 Å². The Morgan fingerprint density at radius 1 is 0.972 bits per heavy atom. The highest BCUT2D eigenvalue weighted by Gasteiger charge is 2.20. The van der Waals surface area contributed by atoms with Gasteiger partial charge in [-0.05, 0) is 49.6 Å². The van der Waals surface area contributed by atoms with Crippen molar-refractivity contribution in [3.8, 4) is 5.75 Å². The van der Waals surface area contributed by atoms with Crippen LogP contribution in [0.15, 0.2) is 76.7 Å². The van der Waals surface area contributed by atoms with E-state index in [2.05, 4.69) is 20.3 Å². The number of anilines is 2. The van der Waals surface area contributed by atoms with Crippen LogP contribution in [-0.2, 0) is 9.84 Å². The molecule has 0 saturated heterocycles. The summed E-state index contributed by atoms with van der Waals surface area (Å²) in [5.41, 5.74) is 0.576. The molecule has 9 nitrogen and oxygen atoms in total. The summed E-state index contributed by atoms with van der Waals surface area (Å²) in [7, 11) is -3.32. The third-order valence-corrected chi connectivity index (χ3v) is 8.08. The number of hydrogen-bond acceptors (Lipinski definition) is 8. The van der Waals surface area contributed by atoms with Crippen LogP contribution in [0.25, 0.3) is 11.0 Å². The molecule has 0 atom stereocenters. The third kappa shape index (κ3) is 5.38. The second kappa shape index (κ2) is 10.4. The van der Waals surface area contributed by atoms with E-state index in [1.54, 1.807) is 71.6 Å². The maximum absolute atomic E-state index is 12.6. The first-order valence-corrected chi connectivity index (χ1v) is 13.7. The zero-order valence-electron chi connectivity index (χ0n) is 19.7. The van der Waals surface area contributed by atoms with E-state index in [1.807, 2.05) is 0 Å². The molecule has 0 unspecified atom stereocenters. The maximum atomic E-state index is 12.6. The number of nitrogens with zero attached hydrogens (tertiary/aromatic N) is 4. The van der Waals surface area contributed by atoms with Crippen LogP contribution in [0.4, 0.5) is 11.8 Å². The van der Waals surface area contributed by atoms with Gasteiger partial charge in [0.2, 0.25) is 5.95 Å². The quantitative estimate of drug-likeness (QED) is 0.335. The van der Waals surface area contributed by atoms with Crippen LogP contribution in [0.3, 0.4) is 0 Å². The van der Waals surface area contributed by atoms with Gasteiger partial charge in [-0.15, -0.1) is 0 Å². The fraction of sp³-hybridized carbons (Fsp3) is 0.308. The topological polar surface area (TPSA) is 116 Å². The molecule has 3 heterocycles. The lowest BCUT2D eigenvalue weighted by atomic mass is 10.2. The predicted molar refractivity (Wildman–Crippen MR) is 137 cm³/mol. The summed E-state index contributed by atoms with van der Waals surface area (Å²) in [5, 5.41) is 3.90. The summed E-state index contributed by atoms with van der Waals surface area (Å²) in [6, 6.07) is 15.4. The van der Waals surface area contributed by atoms with Gasteiger partial charge in [0.15, 0.2) is 9.84 Å². The van der Waals surface area contributed by atoms with Crippen molar-refractivity contribution in [1.29, 1.82) is 0 Å². The Morgan fingerprint density at radius 2 is 1.78 bits per heavy atom. The smallest absolute Gasteiger partial charge is 0.252 e. The Morgan fingerprint density at radius 3 is 2.53 bits per heavy atom. The summed E-state index contributed by atoms with van der Waals surface area (Å²) in [4.78, 5) is 26.2. The fourth-order valence-corrected chi connectivity index (χ4v) is 5.76. The van der Waals surface area contributed by atoms with Crippen molar-refractivity contribution in [3.63, 3.8) is 0 Å². The second-order valence-corrected chi connectivity index (χ2v) is 10.9. The van der Waals surface area contributed by atoms with Crippen LogP contribution in [0, 0.1) is 0 Å². The highest BCUT2D eigenvalue weighted by Crippen LogP contribution is 2.30. The fourth-order valence-electron chi connectivity index (χ4n) is 4.45. The van der Waals surface area contributed by atoms with Gasteiger partial charge in [0.1, 0.15) is 17.2 Å². The summed E-state index contributed by atoms with van der Waals surface area (Å²) in [6.45, 7) is 0.257. The molecule has 4 aromatic rings. The van der Waals surface area contributed by atoms with Crippen molar-refractivity contribution in [2.24, 2.45) is 0 Å². The molecule has 0 bridgehead atoms. The molecule has 1 fully saturated rings. The van der Waals surface area contributed by atoms with Gasteiger partial charge in [-0.2, -0.15) is 4.98 Å². The molecule has 1 aliphatic rings. The number of ether oxygens (including phenoxy) is 1. The Hall–Kier alpha value is -3.79. The van der Waals surface area contributed by atoms with Crippen LogP contribution in [0.2, 0.25) is 0 Å². The normalized spacial score (nSPS) is 14.2. The molecule has 186 valence electrons. The first kappa shape index (κ1) is 23.9. The molecule has 10 heteroatoms. The second-order valence-electron chi connectivity index (χ2n) is 8.79. The average molecular weight is 506 g/mol. The number of hydrogen-bond donors (Lipinski definition) is 1. The molecule has 3 aromatic heterocycles. The van der Waals surface area contributed by atoms with Gasteiger partial charge in [0, 0.05) is 23.7 Å². The van der Waals surface area contributed by atoms with Gasteiger partial charge in [0.25, 0.3) is 5.56 Å². The molecule has 0 spiro atoms. The first-order valence-electron chi connectivity index (χ1n) is 12.0. The molecule has 1 N–H and O–H groups in total. The number of nitrogens with one attached hydrogen (secondary N) is 1. The minimum atomic E-state index is -3.32. The van der Waals surface area contributed by atoms with Crippen LogP contribution in [0.5, 0.6) is 5.75 Å². The highest BCUT2D eigenvalue weighted by atomic mass is 32.2. The van der Waals surface area contributed by atoms with Crippen LogP contribution < -0.4 is 15.6 Å². The summed E-state index contributed by atoms with van der Waals surface area (Å²) in [5.74, 6) is 1.42. The van der Waals surface area contributed by atoms with E-state index in [1.165, 1.54) is 0 Å². The maximum Gasteiger partial charge on any atom is 0.252 e. The number of pyridine rings is 2. The third-order valence-electron chi connectivity index (χ3n) is 6.26. The molecule has 1 saturated carbocycles. The van der Waals surface area contributed by atoms with Crippen molar-refractivity contribution in [3.05, 3.63) is 77.3 Å². The molecule has 1 aromatic carbocycles. The minimum absolute atomic E-state index is 0.00924. The zero-order valence-corrected chi connectivity index (χ0v) is 20.5. The van der Waals surface area contributed by atoms with E-state index in [4.69, 9.17) is 4.74 Å². The Bertz CT molecular complexity index is 1500. The van der Waals surface area contributed by atoms with Crippen molar-refractivity contribution >= 4 is 32.6 Å². The average Bonchev–Trinajstić information content (AvgIpc) is 3.42. The van der Waals surface area contributed by atoms with Gasteiger partial charge < -0.3 is 10.1 Å². The molecular weight excluding hydrogens is 478 g/mol. The predicted octanol–water partition coefficient (Wildman–Crippen LogP) is 4.29. The molecule has 0 amide bonds. The lowest BCUT2D eigenvalue weighted by molar-refractivity contribution is 0.316. The number of sulfone groups is 1. The van der Waals surface area contributed by atoms with Gasteiger partial charge in [-0.3, -0.25) is 9.36 Å². The molecule has 5 rings (SSSR count). The van der Waals surface area contributed by atoms with E-state index in [0.29, 0.717) is 34.5 Å². The van der Waals surface area contributed by atoms with Gasteiger partial charge in [0.05, 0.1) is 23.5 Å². The summed E-state index contributed by atoms with van der Waals surface area (Å²) >= 11 is 0. The van der Waals surface area contributed by atoms with E-state index in [-0.39, 0.29) is 24.0 Å². The van der Waals surface area contributed by atoms with E-state index in [9.17, 15) is 13.2 Å². The monoisotopic (exact) mass is 505 g/mol. The number of rotatable bonds is 9. The Labute approximate surface area is 209 Å². The number of fused-ring (bicyclic) bond motifs is 1. The Kier molecular flexibility index (Phi) is 6.95. The lowest BCUT2D eigenvalue weighted by Gasteiger charge is -2.16. The van der Waals surface area contributed by atoms with Crippen LogP contribution >= 0.6 is 0 Å². The van der Waals surface area contributed by atoms with Crippen molar-refractivity contribution in [2.75, 3.05) is 17.7 Å². The lowest BCUT2D eigenvalue weighted by Crippen LogP contribution is -2.23. The van der Waals surface area contributed by atoms with Gasteiger partial charge in [-0.25, -0.2) is 18.4 Å². The largest absolute Gasteiger partial charge is 0.492 e. The van der Waals surface area contributed by atoms with Gasteiger partial charge >= 0.3 is 0 Å². The standard InChI is InChI=1S/C26H27N5O4S/c32-24-14-11-19-17-28-26(30-25(19)31(24)20-7-4-5-8-20)29-23-13-12-21(18-27-23)35-15-6-16-36(33,34)22-9-2-1-3-10-22/h1-3,9-14,17-18,20H,4-8,15-16H2,(H,27,28,29,30).